The number of nitrogens with one attached hydrogen (secondary N) is 1. The Kier molecular flexibility index (Phi) is 5.87. The van der Waals surface area contributed by atoms with Crippen molar-refractivity contribution in [1.29, 1.82) is 0 Å². The van der Waals surface area contributed by atoms with Crippen molar-refractivity contribution in [2.75, 3.05) is 19.0 Å². The Labute approximate surface area is 209 Å². The Balaban J connectivity index is 1.07. The van der Waals surface area contributed by atoms with Crippen molar-refractivity contribution in [1.82, 2.24) is 29.9 Å². The molecular formula is C27H41N7O. The molecule has 0 unspecified atom stereocenters. The molecule has 2 saturated carbocycles. The van der Waals surface area contributed by atoms with Gasteiger partial charge in [0.25, 0.3) is 0 Å². The summed E-state index contributed by atoms with van der Waals surface area (Å²) in [5.74, 6) is 3.26. The van der Waals surface area contributed by atoms with Gasteiger partial charge in [-0.1, -0.05) is 6.92 Å². The Bertz CT molecular complexity index is 1040. The number of hydrogen-bond acceptors (Lipinski definition) is 7. The molecule has 0 aromatic carbocycles. The molecule has 35 heavy (non-hydrogen) atoms. The van der Waals surface area contributed by atoms with Gasteiger partial charge in [-0.2, -0.15) is 10.2 Å². The minimum absolute atomic E-state index is 0.0741. The molecule has 4 aliphatic rings. The average Bonchev–Trinajstić information content (AvgIpc) is 3.57. The number of methoxy groups -OCH3 is 1. The number of nitrogens with zero attached hydrogens (tertiary/aromatic N) is 6. The van der Waals surface area contributed by atoms with Gasteiger partial charge >= 0.3 is 0 Å². The fraction of sp³-hybridized carbons (Fsp3) is 0.778. The molecule has 4 fully saturated rings. The van der Waals surface area contributed by atoms with E-state index in [1.807, 2.05) is 18.7 Å². The zero-order valence-electron chi connectivity index (χ0n) is 21.8. The van der Waals surface area contributed by atoms with Crippen LogP contribution in [0.3, 0.4) is 0 Å². The lowest BCUT2D eigenvalue weighted by Gasteiger charge is -2.48. The van der Waals surface area contributed by atoms with Crippen LogP contribution in [0.4, 0.5) is 5.82 Å². The number of hydrogen-bond donors (Lipinski definition) is 1. The van der Waals surface area contributed by atoms with Gasteiger partial charge < -0.3 is 10.1 Å². The molecule has 0 radical (unpaired) electrons. The van der Waals surface area contributed by atoms with E-state index in [0.29, 0.717) is 29.5 Å². The summed E-state index contributed by atoms with van der Waals surface area (Å²) in [4.78, 5) is 7.51. The van der Waals surface area contributed by atoms with Crippen LogP contribution in [0.1, 0.15) is 95.6 Å². The molecule has 1 N–H and O–H groups in total. The normalized spacial score (nSPS) is 35.4. The van der Waals surface area contributed by atoms with E-state index < -0.39 is 0 Å². The summed E-state index contributed by atoms with van der Waals surface area (Å²) in [6.07, 6.45) is 14.1. The summed E-state index contributed by atoms with van der Waals surface area (Å²) in [5.41, 5.74) is 1.42. The maximum Gasteiger partial charge on any atom is 0.151 e. The van der Waals surface area contributed by atoms with Gasteiger partial charge in [0.15, 0.2) is 5.82 Å². The van der Waals surface area contributed by atoms with Gasteiger partial charge in [0.05, 0.1) is 17.5 Å². The third-order valence-electron chi connectivity index (χ3n) is 9.27. The van der Waals surface area contributed by atoms with E-state index in [2.05, 4.69) is 50.4 Å². The number of aryl methyl sites for hydroxylation is 1. The summed E-state index contributed by atoms with van der Waals surface area (Å²) in [5, 5.41) is 17.0. The van der Waals surface area contributed by atoms with Crippen LogP contribution in [0.15, 0.2) is 12.3 Å². The summed E-state index contributed by atoms with van der Waals surface area (Å²) >= 11 is 0. The largest absolute Gasteiger partial charge is 0.378 e. The molecule has 2 saturated heterocycles. The summed E-state index contributed by atoms with van der Waals surface area (Å²) in [7, 11) is 1.89. The molecule has 2 aliphatic carbocycles. The van der Waals surface area contributed by atoms with Crippen molar-refractivity contribution >= 4 is 5.82 Å². The third-order valence-corrected chi connectivity index (χ3v) is 9.27. The molecule has 2 atom stereocenters. The predicted octanol–water partition coefficient (Wildman–Crippen LogP) is 4.64. The van der Waals surface area contributed by atoms with E-state index in [-0.39, 0.29) is 5.60 Å². The second kappa shape index (κ2) is 8.80. The zero-order chi connectivity index (χ0) is 24.2. The van der Waals surface area contributed by atoms with Crippen LogP contribution < -0.4 is 5.32 Å². The van der Waals surface area contributed by atoms with E-state index in [1.165, 1.54) is 70.8 Å². The summed E-state index contributed by atoms with van der Waals surface area (Å²) in [6, 6.07) is 3.93. The number of piperidine rings is 1. The summed E-state index contributed by atoms with van der Waals surface area (Å²) in [6.45, 7) is 8.02. The van der Waals surface area contributed by atoms with Crippen LogP contribution in [-0.4, -0.2) is 67.2 Å². The highest BCUT2D eigenvalue weighted by Gasteiger charge is 2.48. The molecule has 4 heterocycles. The Morgan fingerprint density at radius 1 is 1.06 bits per heavy atom. The molecule has 2 aromatic rings. The van der Waals surface area contributed by atoms with E-state index >= 15 is 0 Å². The maximum absolute atomic E-state index is 5.90. The number of aromatic nitrogens is 5. The average molecular weight is 480 g/mol. The molecule has 0 spiro atoms. The van der Waals surface area contributed by atoms with Crippen molar-refractivity contribution < 1.29 is 4.74 Å². The first kappa shape index (κ1) is 23.3. The fourth-order valence-corrected chi connectivity index (χ4v) is 7.00. The van der Waals surface area contributed by atoms with Crippen molar-refractivity contribution in [3.8, 4) is 5.69 Å². The highest BCUT2D eigenvalue weighted by Crippen LogP contribution is 2.46. The van der Waals surface area contributed by atoms with Crippen LogP contribution in [0.2, 0.25) is 0 Å². The molecule has 2 bridgehead atoms. The topological polar surface area (TPSA) is 81.0 Å². The highest BCUT2D eigenvalue weighted by molar-refractivity contribution is 5.44. The van der Waals surface area contributed by atoms with Gasteiger partial charge in [0.2, 0.25) is 0 Å². The van der Waals surface area contributed by atoms with Gasteiger partial charge in [-0.05, 0) is 83.5 Å². The fourth-order valence-electron chi connectivity index (χ4n) is 7.00. The smallest absolute Gasteiger partial charge is 0.151 e. The van der Waals surface area contributed by atoms with E-state index in [1.54, 1.807) is 6.20 Å². The lowest BCUT2D eigenvalue weighted by molar-refractivity contribution is -0.0780. The first-order valence-corrected chi connectivity index (χ1v) is 13.7. The lowest BCUT2D eigenvalue weighted by Crippen LogP contribution is -2.53. The molecule has 0 amide bonds. The molecule has 2 aromatic heterocycles. The highest BCUT2D eigenvalue weighted by atomic mass is 16.5. The molecule has 8 heteroatoms. The monoisotopic (exact) mass is 479 g/mol. The minimum atomic E-state index is 0.0741. The van der Waals surface area contributed by atoms with E-state index in [4.69, 9.17) is 4.74 Å². The van der Waals surface area contributed by atoms with Gasteiger partial charge in [0, 0.05) is 43.8 Å². The SMILES string of the molecule is COC1(C)C[C@H]2CC[C@H](C1)N2CC1(C)CCC(Nc2cc(-n3nc(C)nc3C3CC3)cnn2)CC1. The van der Waals surface area contributed by atoms with Crippen LogP contribution in [0, 0.1) is 12.3 Å². The first-order valence-electron chi connectivity index (χ1n) is 13.7. The number of rotatable bonds is 7. The predicted molar refractivity (Wildman–Crippen MR) is 136 cm³/mol. The second-order valence-corrected chi connectivity index (χ2v) is 12.4. The standard InChI is InChI=1S/C27H41N7O/c1-18-29-25(19-5-6-19)34(32-18)23-13-24(31-28-16-23)30-20-9-11-26(2,12-10-20)17-33-21-7-8-22(33)15-27(3,14-21)35-4/h13,16,19-22H,5-12,14-15,17H2,1-4H3,(H,30,31)/t20?,21-,22-,26?/m1/s1. The quantitative estimate of drug-likeness (QED) is 0.620. The molecule has 2 aliphatic heterocycles. The Morgan fingerprint density at radius 2 is 1.77 bits per heavy atom. The Hall–Kier alpha value is -2.06. The molecule has 190 valence electrons. The zero-order valence-corrected chi connectivity index (χ0v) is 21.8. The van der Waals surface area contributed by atoms with E-state index in [0.717, 1.165) is 23.2 Å². The lowest BCUT2D eigenvalue weighted by atomic mass is 9.72. The molecular weight excluding hydrogens is 438 g/mol. The van der Waals surface area contributed by atoms with E-state index in [9.17, 15) is 0 Å². The van der Waals surface area contributed by atoms with Gasteiger partial charge in [0.1, 0.15) is 11.6 Å². The Morgan fingerprint density at radius 3 is 2.43 bits per heavy atom. The number of anilines is 1. The molecule has 8 nitrogen and oxygen atoms in total. The van der Waals surface area contributed by atoms with Gasteiger partial charge in [-0.15, -0.1) is 5.10 Å². The number of fused-ring (bicyclic) bond motifs is 2. The van der Waals surface area contributed by atoms with Gasteiger partial charge in [-0.3, -0.25) is 4.90 Å². The maximum atomic E-state index is 5.90. The van der Waals surface area contributed by atoms with Crippen molar-refractivity contribution in [2.45, 2.75) is 115 Å². The van der Waals surface area contributed by atoms with Crippen LogP contribution in [-0.2, 0) is 4.74 Å². The van der Waals surface area contributed by atoms with Crippen molar-refractivity contribution in [3.63, 3.8) is 0 Å². The third kappa shape index (κ3) is 4.71. The van der Waals surface area contributed by atoms with Crippen molar-refractivity contribution in [2.24, 2.45) is 5.41 Å². The first-order chi connectivity index (χ1) is 16.8. The molecule has 6 rings (SSSR count). The minimum Gasteiger partial charge on any atom is -0.378 e. The summed E-state index contributed by atoms with van der Waals surface area (Å²) < 4.78 is 7.86. The van der Waals surface area contributed by atoms with Crippen molar-refractivity contribution in [3.05, 3.63) is 23.9 Å². The van der Waals surface area contributed by atoms with Crippen LogP contribution in [0.25, 0.3) is 5.69 Å². The van der Waals surface area contributed by atoms with Gasteiger partial charge in [-0.25, -0.2) is 9.67 Å². The second-order valence-electron chi connectivity index (χ2n) is 12.4. The van der Waals surface area contributed by atoms with Crippen LogP contribution in [0.5, 0.6) is 0 Å². The van der Waals surface area contributed by atoms with Crippen LogP contribution >= 0.6 is 0 Å². The number of ether oxygens (including phenoxy) is 1.